The summed E-state index contributed by atoms with van der Waals surface area (Å²) in [7, 11) is 0. The predicted molar refractivity (Wildman–Crippen MR) is 103 cm³/mol. The molecule has 1 aliphatic heterocycles. The van der Waals surface area contributed by atoms with Crippen LogP contribution >= 0.6 is 0 Å². The molecule has 1 saturated heterocycles. The molecular formula is C21H25N3O2. The van der Waals surface area contributed by atoms with E-state index in [9.17, 15) is 9.59 Å². The summed E-state index contributed by atoms with van der Waals surface area (Å²) in [6.45, 7) is 1.21. The third kappa shape index (κ3) is 4.70. The van der Waals surface area contributed by atoms with Gasteiger partial charge in [-0.2, -0.15) is 0 Å². The van der Waals surface area contributed by atoms with Crippen molar-refractivity contribution >= 4 is 17.5 Å². The van der Waals surface area contributed by atoms with Gasteiger partial charge in [-0.25, -0.2) is 0 Å². The fourth-order valence-electron chi connectivity index (χ4n) is 3.15. The number of rotatable bonds is 6. The third-order valence-electron chi connectivity index (χ3n) is 4.67. The molecule has 136 valence electrons. The number of nitrogens with one attached hydrogen (secondary N) is 1. The molecule has 1 aliphatic rings. The number of anilines is 1. The smallest absolute Gasteiger partial charge is 0.237 e. The van der Waals surface area contributed by atoms with Crippen molar-refractivity contribution in [1.29, 1.82) is 0 Å². The Morgan fingerprint density at radius 3 is 2.46 bits per heavy atom. The molecule has 1 atom stereocenters. The van der Waals surface area contributed by atoms with Crippen LogP contribution in [0, 0.1) is 0 Å². The third-order valence-corrected chi connectivity index (χ3v) is 4.67. The predicted octanol–water partition coefficient (Wildman–Crippen LogP) is 2.39. The van der Waals surface area contributed by atoms with Crippen molar-refractivity contribution in [1.82, 2.24) is 5.32 Å². The average molecular weight is 351 g/mol. The van der Waals surface area contributed by atoms with Gasteiger partial charge in [-0.1, -0.05) is 42.5 Å². The van der Waals surface area contributed by atoms with Gasteiger partial charge in [0.15, 0.2) is 0 Å². The van der Waals surface area contributed by atoms with Gasteiger partial charge >= 0.3 is 0 Å². The molecule has 0 spiro atoms. The quantitative estimate of drug-likeness (QED) is 0.839. The van der Waals surface area contributed by atoms with E-state index >= 15 is 0 Å². The van der Waals surface area contributed by atoms with Crippen molar-refractivity contribution in [3.8, 4) is 0 Å². The fraction of sp³-hybridized carbons (Fsp3) is 0.333. The maximum absolute atomic E-state index is 12.2. The number of benzene rings is 2. The molecule has 2 aromatic rings. The molecule has 0 bridgehead atoms. The largest absolute Gasteiger partial charge is 0.351 e. The lowest BCUT2D eigenvalue weighted by molar-refractivity contribution is -0.122. The molecular weight excluding hydrogens is 326 g/mol. The van der Waals surface area contributed by atoms with Crippen LogP contribution in [0.1, 0.15) is 30.4 Å². The molecule has 0 saturated carbocycles. The van der Waals surface area contributed by atoms with Crippen molar-refractivity contribution in [2.24, 2.45) is 5.73 Å². The van der Waals surface area contributed by atoms with E-state index in [0.717, 1.165) is 36.2 Å². The SMILES string of the molecule is N[C@@H](Cc1ccccc1)C(=O)NCc1ccc(N2CCCCC2=O)cc1. The highest BCUT2D eigenvalue weighted by Crippen LogP contribution is 2.21. The Kier molecular flexibility index (Phi) is 6.02. The van der Waals surface area contributed by atoms with Crippen LogP contribution in [0.15, 0.2) is 54.6 Å². The molecule has 1 fully saturated rings. The standard InChI is InChI=1S/C21H25N3O2/c22-19(14-16-6-2-1-3-7-16)21(26)23-15-17-9-11-18(12-10-17)24-13-5-4-8-20(24)25/h1-3,6-7,9-12,19H,4-5,8,13-15,22H2,(H,23,26)/t19-/m0/s1. The minimum absolute atomic E-state index is 0.163. The molecule has 0 aromatic heterocycles. The Hall–Kier alpha value is -2.66. The van der Waals surface area contributed by atoms with Crippen molar-refractivity contribution in [3.63, 3.8) is 0 Å². The molecule has 5 nitrogen and oxygen atoms in total. The van der Waals surface area contributed by atoms with Gasteiger partial charge in [0.1, 0.15) is 0 Å². The van der Waals surface area contributed by atoms with E-state index in [-0.39, 0.29) is 11.8 Å². The fourth-order valence-corrected chi connectivity index (χ4v) is 3.15. The molecule has 3 rings (SSSR count). The summed E-state index contributed by atoms with van der Waals surface area (Å²) >= 11 is 0. The van der Waals surface area contributed by atoms with E-state index in [1.807, 2.05) is 59.5 Å². The second-order valence-corrected chi connectivity index (χ2v) is 6.68. The Labute approximate surface area is 154 Å². The van der Waals surface area contributed by atoms with E-state index in [4.69, 9.17) is 5.73 Å². The first kappa shape index (κ1) is 18.1. The van der Waals surface area contributed by atoms with Gasteiger partial charge in [0.2, 0.25) is 11.8 Å². The van der Waals surface area contributed by atoms with Gasteiger partial charge < -0.3 is 16.0 Å². The molecule has 2 aromatic carbocycles. The van der Waals surface area contributed by atoms with Gasteiger partial charge in [0.25, 0.3) is 0 Å². The Bertz CT molecular complexity index is 744. The van der Waals surface area contributed by atoms with Crippen LogP contribution < -0.4 is 16.0 Å². The highest BCUT2D eigenvalue weighted by Gasteiger charge is 2.19. The van der Waals surface area contributed by atoms with Crippen LogP contribution in [0.25, 0.3) is 0 Å². The summed E-state index contributed by atoms with van der Waals surface area (Å²) < 4.78 is 0. The van der Waals surface area contributed by atoms with Gasteiger partial charge in [0.05, 0.1) is 6.04 Å². The average Bonchev–Trinajstić information content (AvgIpc) is 2.68. The summed E-state index contributed by atoms with van der Waals surface area (Å²) in [6.07, 6.45) is 3.16. The van der Waals surface area contributed by atoms with E-state index in [2.05, 4.69) is 5.32 Å². The zero-order chi connectivity index (χ0) is 18.4. The van der Waals surface area contributed by atoms with E-state index in [1.54, 1.807) is 0 Å². The number of piperidine rings is 1. The van der Waals surface area contributed by atoms with Crippen LogP contribution in [-0.2, 0) is 22.6 Å². The second kappa shape index (κ2) is 8.63. The number of nitrogens with two attached hydrogens (primary N) is 1. The topological polar surface area (TPSA) is 75.4 Å². The van der Waals surface area contributed by atoms with E-state index < -0.39 is 6.04 Å². The number of hydrogen-bond donors (Lipinski definition) is 2. The van der Waals surface area contributed by atoms with Crippen LogP contribution in [0.2, 0.25) is 0 Å². The number of hydrogen-bond acceptors (Lipinski definition) is 3. The Morgan fingerprint density at radius 2 is 1.77 bits per heavy atom. The van der Waals surface area contributed by atoms with Crippen molar-refractivity contribution in [3.05, 3.63) is 65.7 Å². The summed E-state index contributed by atoms with van der Waals surface area (Å²) in [5.74, 6) is 0.0216. The summed E-state index contributed by atoms with van der Waals surface area (Å²) in [5, 5.41) is 2.88. The maximum atomic E-state index is 12.2. The van der Waals surface area contributed by atoms with Crippen LogP contribution in [0.4, 0.5) is 5.69 Å². The summed E-state index contributed by atoms with van der Waals surface area (Å²) in [5.41, 5.74) is 8.95. The minimum Gasteiger partial charge on any atom is -0.351 e. The number of carbonyl (C=O) groups is 2. The summed E-state index contributed by atoms with van der Waals surface area (Å²) in [4.78, 5) is 26.0. The maximum Gasteiger partial charge on any atom is 0.237 e. The van der Waals surface area contributed by atoms with E-state index in [0.29, 0.717) is 19.4 Å². The van der Waals surface area contributed by atoms with Crippen molar-refractivity contribution in [2.45, 2.75) is 38.3 Å². The lowest BCUT2D eigenvalue weighted by Crippen LogP contribution is -2.41. The molecule has 26 heavy (non-hydrogen) atoms. The van der Waals surface area contributed by atoms with Crippen molar-refractivity contribution < 1.29 is 9.59 Å². The van der Waals surface area contributed by atoms with Gasteiger partial charge in [-0.15, -0.1) is 0 Å². The highest BCUT2D eigenvalue weighted by molar-refractivity contribution is 5.93. The molecule has 0 aliphatic carbocycles. The second-order valence-electron chi connectivity index (χ2n) is 6.68. The minimum atomic E-state index is -0.567. The zero-order valence-corrected chi connectivity index (χ0v) is 14.9. The molecule has 2 amide bonds. The van der Waals surface area contributed by atoms with Gasteiger partial charge in [-0.3, -0.25) is 9.59 Å². The first-order chi connectivity index (χ1) is 12.6. The monoisotopic (exact) mass is 351 g/mol. The van der Waals surface area contributed by atoms with Gasteiger partial charge in [0, 0.05) is 25.2 Å². The van der Waals surface area contributed by atoms with Gasteiger partial charge in [-0.05, 0) is 42.5 Å². The number of carbonyl (C=O) groups excluding carboxylic acids is 2. The molecule has 1 heterocycles. The first-order valence-electron chi connectivity index (χ1n) is 9.10. The molecule has 0 unspecified atom stereocenters. The number of amides is 2. The van der Waals surface area contributed by atoms with Crippen molar-refractivity contribution in [2.75, 3.05) is 11.4 Å². The first-order valence-corrected chi connectivity index (χ1v) is 9.10. The lowest BCUT2D eigenvalue weighted by Gasteiger charge is -2.26. The van der Waals surface area contributed by atoms with E-state index in [1.165, 1.54) is 0 Å². The zero-order valence-electron chi connectivity index (χ0n) is 14.9. The van der Waals surface area contributed by atoms with Crippen LogP contribution in [0.3, 0.4) is 0 Å². The van der Waals surface area contributed by atoms with Crippen LogP contribution in [0.5, 0.6) is 0 Å². The highest BCUT2D eigenvalue weighted by atomic mass is 16.2. The Morgan fingerprint density at radius 1 is 1.04 bits per heavy atom. The normalized spacial score (nSPS) is 15.6. The van der Waals surface area contributed by atoms with Crippen LogP contribution in [-0.4, -0.2) is 24.4 Å². The Balaban J connectivity index is 1.51. The number of nitrogens with zero attached hydrogens (tertiary/aromatic N) is 1. The molecule has 3 N–H and O–H groups in total. The lowest BCUT2D eigenvalue weighted by atomic mass is 10.1. The molecule has 0 radical (unpaired) electrons. The summed E-state index contributed by atoms with van der Waals surface area (Å²) in [6, 6.07) is 17.0. The molecule has 5 heteroatoms.